The number of rotatable bonds is 3. The Morgan fingerprint density at radius 2 is 1.29 bits per heavy atom. The van der Waals surface area contributed by atoms with Gasteiger partial charge in [0.15, 0.2) is 5.71 Å². The van der Waals surface area contributed by atoms with Crippen LogP contribution in [-0.2, 0) is 0 Å². The number of hydrogen-bond donors (Lipinski definition) is 0. The second-order valence-corrected chi connectivity index (χ2v) is 3.25. The lowest BCUT2D eigenvalue weighted by Gasteiger charge is -2.19. The SMILES string of the molecule is CCC(CC)=C(C(=NC)C(F)(F)F)C(F)(F)F. The second kappa shape index (κ2) is 5.55. The van der Waals surface area contributed by atoms with Gasteiger partial charge in [-0.1, -0.05) is 19.4 Å². The summed E-state index contributed by atoms with van der Waals surface area (Å²) in [6, 6.07) is 0. The Kier molecular flexibility index (Phi) is 5.22. The lowest BCUT2D eigenvalue weighted by Crippen LogP contribution is -2.33. The number of aliphatic imine (C=N–C) groups is 1. The van der Waals surface area contributed by atoms with Gasteiger partial charge in [0.1, 0.15) is 0 Å². The van der Waals surface area contributed by atoms with Gasteiger partial charge < -0.3 is 0 Å². The number of halogens is 6. The van der Waals surface area contributed by atoms with E-state index in [1.54, 1.807) is 0 Å². The minimum atomic E-state index is -5.10. The highest BCUT2D eigenvalue weighted by atomic mass is 19.4. The molecule has 0 heterocycles. The number of alkyl halides is 6. The highest BCUT2D eigenvalue weighted by molar-refractivity contribution is 6.05. The first-order valence-corrected chi connectivity index (χ1v) is 4.93. The van der Waals surface area contributed by atoms with Crippen molar-refractivity contribution in [1.29, 1.82) is 0 Å². The smallest absolute Gasteiger partial charge is 0.283 e. The molecule has 0 saturated heterocycles. The molecule has 0 aromatic carbocycles. The monoisotopic (exact) mass is 261 g/mol. The van der Waals surface area contributed by atoms with Crippen LogP contribution in [0.3, 0.4) is 0 Å². The molecule has 0 aliphatic carbocycles. The van der Waals surface area contributed by atoms with Crippen molar-refractivity contribution in [2.24, 2.45) is 4.99 Å². The molecule has 7 heteroatoms. The standard InChI is InChI=1S/C10H13F6N/c1-4-6(5-2)7(9(11,12)13)8(17-3)10(14,15)16/h4-5H2,1-3H3. The summed E-state index contributed by atoms with van der Waals surface area (Å²) in [5, 5.41) is 0. The number of allylic oxidation sites excluding steroid dienone is 2. The molecule has 0 aliphatic rings. The first kappa shape index (κ1) is 16.0. The molecule has 0 fully saturated rings. The first-order valence-electron chi connectivity index (χ1n) is 4.93. The molecule has 0 rings (SSSR count). The minimum Gasteiger partial charge on any atom is -0.283 e. The van der Waals surface area contributed by atoms with Crippen LogP contribution in [-0.4, -0.2) is 25.1 Å². The van der Waals surface area contributed by atoms with Gasteiger partial charge in [-0.3, -0.25) is 4.99 Å². The van der Waals surface area contributed by atoms with E-state index < -0.39 is 23.6 Å². The molecule has 0 unspecified atom stereocenters. The first-order chi connectivity index (χ1) is 7.59. The van der Waals surface area contributed by atoms with Crippen LogP contribution in [0.5, 0.6) is 0 Å². The van der Waals surface area contributed by atoms with Gasteiger partial charge in [0, 0.05) is 7.05 Å². The fourth-order valence-corrected chi connectivity index (χ4v) is 1.49. The predicted octanol–water partition coefficient (Wildman–Crippen LogP) is 4.30. The van der Waals surface area contributed by atoms with E-state index in [0.29, 0.717) is 7.05 Å². The minimum absolute atomic E-state index is 0.0968. The summed E-state index contributed by atoms with van der Waals surface area (Å²) in [7, 11) is 0.706. The topological polar surface area (TPSA) is 12.4 Å². The molecule has 0 N–H and O–H groups in total. The van der Waals surface area contributed by atoms with Gasteiger partial charge in [0.25, 0.3) is 0 Å². The third kappa shape index (κ3) is 4.05. The Morgan fingerprint density at radius 3 is 1.47 bits per heavy atom. The highest BCUT2D eigenvalue weighted by Crippen LogP contribution is 2.36. The van der Waals surface area contributed by atoms with Crippen molar-refractivity contribution in [3.63, 3.8) is 0 Å². The summed E-state index contributed by atoms with van der Waals surface area (Å²) in [4.78, 5) is 2.76. The molecule has 17 heavy (non-hydrogen) atoms. The third-order valence-electron chi connectivity index (χ3n) is 2.22. The number of hydrogen-bond acceptors (Lipinski definition) is 1. The van der Waals surface area contributed by atoms with Crippen molar-refractivity contribution in [3.05, 3.63) is 11.1 Å². The average molecular weight is 261 g/mol. The van der Waals surface area contributed by atoms with Crippen molar-refractivity contribution in [2.75, 3.05) is 7.05 Å². The normalized spacial score (nSPS) is 13.8. The van der Waals surface area contributed by atoms with Crippen molar-refractivity contribution < 1.29 is 26.3 Å². The van der Waals surface area contributed by atoms with Gasteiger partial charge >= 0.3 is 12.4 Å². The molecule has 0 amide bonds. The fraction of sp³-hybridized carbons (Fsp3) is 0.700. The van der Waals surface area contributed by atoms with Crippen molar-refractivity contribution >= 4 is 5.71 Å². The van der Waals surface area contributed by atoms with E-state index in [9.17, 15) is 26.3 Å². The van der Waals surface area contributed by atoms with E-state index >= 15 is 0 Å². The molecule has 0 aromatic heterocycles. The largest absolute Gasteiger partial charge is 0.433 e. The maximum atomic E-state index is 12.7. The summed E-state index contributed by atoms with van der Waals surface area (Å²) < 4.78 is 75.4. The lowest BCUT2D eigenvalue weighted by molar-refractivity contribution is -0.0975. The Balaban J connectivity index is 5.91. The average Bonchev–Trinajstić information content (AvgIpc) is 2.14. The third-order valence-corrected chi connectivity index (χ3v) is 2.22. The van der Waals surface area contributed by atoms with E-state index in [1.165, 1.54) is 13.8 Å². The quantitative estimate of drug-likeness (QED) is 0.530. The molecule has 0 aromatic rings. The summed E-state index contributed by atoms with van der Waals surface area (Å²) in [5.41, 5.74) is -3.81. The van der Waals surface area contributed by atoms with Gasteiger partial charge in [0.2, 0.25) is 0 Å². The van der Waals surface area contributed by atoms with Crippen molar-refractivity contribution in [2.45, 2.75) is 39.0 Å². The van der Waals surface area contributed by atoms with Gasteiger partial charge in [-0.25, -0.2) is 0 Å². The molecule has 0 radical (unpaired) electrons. The summed E-state index contributed by atoms with van der Waals surface area (Å²) >= 11 is 0. The van der Waals surface area contributed by atoms with Crippen LogP contribution < -0.4 is 0 Å². The van der Waals surface area contributed by atoms with Gasteiger partial charge in [-0.05, 0) is 12.8 Å². The molecule has 0 bridgehead atoms. The van der Waals surface area contributed by atoms with Crippen LogP contribution in [0.25, 0.3) is 0 Å². The molecule has 0 saturated carbocycles. The Labute approximate surface area is 95.2 Å². The van der Waals surface area contributed by atoms with Gasteiger partial charge in [-0.15, -0.1) is 0 Å². The predicted molar refractivity (Wildman–Crippen MR) is 53.1 cm³/mol. The van der Waals surface area contributed by atoms with Gasteiger partial charge in [0.05, 0.1) is 5.57 Å². The molecule has 0 atom stereocenters. The molecular formula is C10H13F6N. The molecule has 100 valence electrons. The Bertz CT molecular complexity index is 315. The summed E-state index contributed by atoms with van der Waals surface area (Å²) in [6.45, 7) is 2.77. The zero-order valence-electron chi connectivity index (χ0n) is 9.63. The van der Waals surface area contributed by atoms with Crippen LogP contribution in [0.15, 0.2) is 16.1 Å². The number of nitrogens with zero attached hydrogens (tertiary/aromatic N) is 1. The van der Waals surface area contributed by atoms with Crippen LogP contribution in [0.4, 0.5) is 26.3 Å². The zero-order chi connectivity index (χ0) is 13.9. The van der Waals surface area contributed by atoms with E-state index in [-0.39, 0.29) is 18.4 Å². The fourth-order valence-electron chi connectivity index (χ4n) is 1.49. The lowest BCUT2D eigenvalue weighted by atomic mass is 9.98. The van der Waals surface area contributed by atoms with E-state index in [0.717, 1.165) is 0 Å². The van der Waals surface area contributed by atoms with Crippen LogP contribution in [0, 0.1) is 0 Å². The molecule has 0 aliphatic heterocycles. The Hall–Kier alpha value is -1.01. The highest BCUT2D eigenvalue weighted by Gasteiger charge is 2.48. The van der Waals surface area contributed by atoms with Crippen molar-refractivity contribution in [3.8, 4) is 0 Å². The van der Waals surface area contributed by atoms with Gasteiger partial charge in [-0.2, -0.15) is 26.3 Å². The van der Waals surface area contributed by atoms with E-state index in [2.05, 4.69) is 4.99 Å². The summed E-state index contributed by atoms with van der Waals surface area (Å²) in [5.74, 6) is 0. The molecule has 1 nitrogen and oxygen atoms in total. The Morgan fingerprint density at radius 1 is 0.882 bits per heavy atom. The second-order valence-electron chi connectivity index (χ2n) is 3.25. The van der Waals surface area contributed by atoms with Crippen LogP contribution in [0.1, 0.15) is 26.7 Å². The van der Waals surface area contributed by atoms with E-state index in [1.807, 2.05) is 0 Å². The maximum absolute atomic E-state index is 12.7. The van der Waals surface area contributed by atoms with Crippen LogP contribution in [0.2, 0.25) is 0 Å². The zero-order valence-corrected chi connectivity index (χ0v) is 9.63. The maximum Gasteiger partial charge on any atom is 0.433 e. The molecule has 0 spiro atoms. The summed E-state index contributed by atoms with van der Waals surface area (Å²) in [6.07, 6.45) is -10.3. The van der Waals surface area contributed by atoms with Crippen molar-refractivity contribution in [1.82, 2.24) is 0 Å². The van der Waals surface area contributed by atoms with Crippen LogP contribution >= 0.6 is 0 Å². The molecular weight excluding hydrogens is 248 g/mol. The van der Waals surface area contributed by atoms with E-state index in [4.69, 9.17) is 0 Å².